The zero-order valence-electron chi connectivity index (χ0n) is 16.1. The lowest BCUT2D eigenvalue weighted by Crippen LogP contribution is -2.42. The van der Waals surface area contributed by atoms with Gasteiger partial charge < -0.3 is 15.0 Å². The second-order valence-electron chi connectivity index (χ2n) is 8.44. The van der Waals surface area contributed by atoms with E-state index in [9.17, 15) is 0 Å². The predicted octanol–water partition coefficient (Wildman–Crippen LogP) is 4.89. The number of unbranched alkanes of at least 4 members (excludes halogenated alkanes) is 1. The topological polar surface area (TPSA) is 24.5 Å². The van der Waals surface area contributed by atoms with Crippen LogP contribution >= 0.6 is 0 Å². The lowest BCUT2D eigenvalue weighted by Gasteiger charge is -2.39. The number of ether oxygens (including phenoxy) is 1. The summed E-state index contributed by atoms with van der Waals surface area (Å²) >= 11 is 0. The third kappa shape index (κ3) is 3.28. The van der Waals surface area contributed by atoms with Crippen molar-refractivity contribution in [3.8, 4) is 0 Å². The molecular formula is C24H30N2O. The number of hydrogen-bond donors (Lipinski definition) is 1. The minimum Gasteiger partial charge on any atom is -0.384 e. The highest BCUT2D eigenvalue weighted by molar-refractivity contribution is 5.57. The molecule has 27 heavy (non-hydrogen) atoms. The SMILES string of the molecule is c1ccc2c(c1)COC21CCN(CCCCC2CNc3ccccc32)CC1. The molecule has 2 aromatic carbocycles. The lowest BCUT2D eigenvalue weighted by atomic mass is 9.84. The molecule has 3 nitrogen and oxygen atoms in total. The Morgan fingerprint density at radius 1 is 1.00 bits per heavy atom. The van der Waals surface area contributed by atoms with Gasteiger partial charge in [0, 0.05) is 31.2 Å². The van der Waals surface area contributed by atoms with E-state index < -0.39 is 0 Å². The molecule has 3 heteroatoms. The molecule has 0 saturated carbocycles. The minimum atomic E-state index is 0.00627. The Hall–Kier alpha value is -1.84. The summed E-state index contributed by atoms with van der Waals surface area (Å²) in [5.74, 6) is 0.703. The summed E-state index contributed by atoms with van der Waals surface area (Å²) in [7, 11) is 0. The second-order valence-corrected chi connectivity index (χ2v) is 8.44. The van der Waals surface area contributed by atoms with E-state index in [2.05, 4.69) is 58.7 Å². The third-order valence-corrected chi connectivity index (χ3v) is 6.89. The molecule has 0 aliphatic carbocycles. The lowest BCUT2D eigenvalue weighted by molar-refractivity contribution is -0.0788. The summed E-state index contributed by atoms with van der Waals surface area (Å²) in [6.07, 6.45) is 6.22. The number of nitrogens with zero attached hydrogens (tertiary/aromatic N) is 1. The van der Waals surface area contributed by atoms with Crippen molar-refractivity contribution in [3.63, 3.8) is 0 Å². The van der Waals surface area contributed by atoms with E-state index in [-0.39, 0.29) is 5.60 Å². The quantitative estimate of drug-likeness (QED) is 0.767. The smallest absolute Gasteiger partial charge is 0.0963 e. The van der Waals surface area contributed by atoms with Crippen molar-refractivity contribution in [1.29, 1.82) is 0 Å². The zero-order chi connectivity index (χ0) is 18.1. The number of fused-ring (bicyclic) bond motifs is 3. The maximum Gasteiger partial charge on any atom is 0.0963 e. The third-order valence-electron chi connectivity index (χ3n) is 6.89. The molecule has 3 heterocycles. The molecule has 0 amide bonds. The van der Waals surface area contributed by atoms with Crippen LogP contribution in [0.5, 0.6) is 0 Å². The number of anilines is 1. The molecule has 142 valence electrons. The summed E-state index contributed by atoms with van der Waals surface area (Å²) in [5.41, 5.74) is 5.73. The predicted molar refractivity (Wildman–Crippen MR) is 110 cm³/mol. The molecule has 0 aromatic heterocycles. The monoisotopic (exact) mass is 362 g/mol. The summed E-state index contributed by atoms with van der Waals surface area (Å²) in [5, 5.41) is 3.55. The Kier molecular flexibility index (Phi) is 4.66. The maximum absolute atomic E-state index is 6.29. The van der Waals surface area contributed by atoms with E-state index in [0.29, 0.717) is 5.92 Å². The highest BCUT2D eigenvalue weighted by Crippen LogP contribution is 2.44. The van der Waals surface area contributed by atoms with Crippen molar-refractivity contribution >= 4 is 5.69 Å². The van der Waals surface area contributed by atoms with Gasteiger partial charge in [0.15, 0.2) is 0 Å². The number of likely N-dealkylation sites (tertiary alicyclic amines) is 1. The number of rotatable bonds is 5. The normalized spacial score (nSPS) is 23.2. The van der Waals surface area contributed by atoms with Crippen molar-refractivity contribution in [2.24, 2.45) is 0 Å². The average molecular weight is 363 g/mol. The van der Waals surface area contributed by atoms with E-state index in [1.165, 1.54) is 61.3 Å². The van der Waals surface area contributed by atoms with Gasteiger partial charge in [0.2, 0.25) is 0 Å². The Morgan fingerprint density at radius 3 is 2.74 bits per heavy atom. The maximum atomic E-state index is 6.29. The van der Waals surface area contributed by atoms with Crippen molar-refractivity contribution in [2.45, 2.75) is 50.2 Å². The summed E-state index contributed by atoms with van der Waals surface area (Å²) in [4.78, 5) is 2.65. The van der Waals surface area contributed by atoms with Crippen molar-refractivity contribution in [2.75, 3.05) is 31.5 Å². The second kappa shape index (κ2) is 7.29. The fourth-order valence-corrected chi connectivity index (χ4v) is 5.28. The number of nitrogens with one attached hydrogen (secondary N) is 1. The number of benzene rings is 2. The van der Waals surface area contributed by atoms with Crippen molar-refractivity contribution in [1.82, 2.24) is 4.90 Å². The van der Waals surface area contributed by atoms with Crippen LogP contribution in [0.3, 0.4) is 0 Å². The van der Waals surface area contributed by atoms with Crippen LogP contribution in [0.1, 0.15) is 54.7 Å². The van der Waals surface area contributed by atoms with Crippen LogP contribution in [0.15, 0.2) is 48.5 Å². The van der Waals surface area contributed by atoms with E-state index >= 15 is 0 Å². The molecule has 1 unspecified atom stereocenters. The van der Waals surface area contributed by atoms with Gasteiger partial charge in [-0.1, -0.05) is 48.9 Å². The molecule has 1 spiro atoms. The van der Waals surface area contributed by atoms with E-state index in [0.717, 1.165) is 26.0 Å². The first kappa shape index (κ1) is 17.3. The van der Waals surface area contributed by atoms with Crippen molar-refractivity contribution in [3.05, 3.63) is 65.2 Å². The van der Waals surface area contributed by atoms with Crippen molar-refractivity contribution < 1.29 is 4.74 Å². The first-order valence-corrected chi connectivity index (χ1v) is 10.6. The molecule has 1 saturated heterocycles. The van der Waals surface area contributed by atoms with Gasteiger partial charge in [-0.3, -0.25) is 0 Å². The zero-order valence-corrected chi connectivity index (χ0v) is 16.1. The molecule has 0 radical (unpaired) electrons. The molecule has 1 N–H and O–H groups in total. The van der Waals surface area contributed by atoms with E-state index in [1.54, 1.807) is 0 Å². The summed E-state index contributed by atoms with van der Waals surface area (Å²) < 4.78 is 6.29. The summed E-state index contributed by atoms with van der Waals surface area (Å²) in [6, 6.07) is 17.6. The van der Waals surface area contributed by atoms with Gasteiger partial charge in [-0.2, -0.15) is 0 Å². The average Bonchev–Trinajstić information content (AvgIpc) is 3.29. The summed E-state index contributed by atoms with van der Waals surface area (Å²) in [6.45, 7) is 5.49. The van der Waals surface area contributed by atoms with Crippen LogP contribution in [-0.2, 0) is 16.9 Å². The van der Waals surface area contributed by atoms with Gasteiger partial charge in [0.1, 0.15) is 0 Å². The number of piperidine rings is 1. The molecule has 2 aromatic rings. The first-order chi connectivity index (χ1) is 13.3. The number of para-hydroxylation sites is 1. The molecule has 5 rings (SSSR count). The first-order valence-electron chi connectivity index (χ1n) is 10.6. The standard InChI is InChI=1S/C24H30N2O/c1-3-10-22-20(8-1)18-27-24(22)12-15-26(16-13-24)14-6-5-7-19-17-25-23-11-4-2-9-21(19)23/h1-4,8-11,19,25H,5-7,12-18H2. The molecule has 3 aliphatic heterocycles. The molecular weight excluding hydrogens is 332 g/mol. The Labute approximate surface area is 162 Å². The Bertz CT molecular complexity index is 794. The highest BCUT2D eigenvalue weighted by atomic mass is 16.5. The van der Waals surface area contributed by atoms with Gasteiger partial charge in [-0.15, -0.1) is 0 Å². The van der Waals surface area contributed by atoms with Crippen LogP contribution in [0, 0.1) is 0 Å². The number of hydrogen-bond acceptors (Lipinski definition) is 3. The van der Waals surface area contributed by atoms with E-state index in [4.69, 9.17) is 4.74 Å². The fraction of sp³-hybridized carbons (Fsp3) is 0.500. The van der Waals surface area contributed by atoms with E-state index in [1.807, 2.05) is 0 Å². The van der Waals surface area contributed by atoms with Gasteiger partial charge in [0.25, 0.3) is 0 Å². The molecule has 1 atom stereocenters. The van der Waals surface area contributed by atoms with Crippen LogP contribution in [0.4, 0.5) is 5.69 Å². The Morgan fingerprint density at radius 2 is 1.81 bits per heavy atom. The van der Waals surface area contributed by atoms with Gasteiger partial charge in [0.05, 0.1) is 12.2 Å². The largest absolute Gasteiger partial charge is 0.384 e. The molecule has 3 aliphatic rings. The van der Waals surface area contributed by atoms with Crippen LogP contribution in [0.25, 0.3) is 0 Å². The Balaban J connectivity index is 1.08. The fourth-order valence-electron chi connectivity index (χ4n) is 5.28. The molecule has 1 fully saturated rings. The van der Waals surface area contributed by atoms with Crippen LogP contribution in [0.2, 0.25) is 0 Å². The highest BCUT2D eigenvalue weighted by Gasteiger charge is 2.42. The minimum absolute atomic E-state index is 0.00627. The van der Waals surface area contributed by atoms with Gasteiger partial charge in [-0.25, -0.2) is 0 Å². The molecule has 0 bridgehead atoms. The van der Waals surface area contributed by atoms with Gasteiger partial charge >= 0.3 is 0 Å². The van der Waals surface area contributed by atoms with Gasteiger partial charge in [-0.05, 0) is 55.0 Å². The van der Waals surface area contributed by atoms with Crippen LogP contribution < -0.4 is 5.32 Å². The van der Waals surface area contributed by atoms with Crippen LogP contribution in [-0.4, -0.2) is 31.1 Å².